The van der Waals surface area contributed by atoms with Crippen LogP contribution in [0, 0.1) is 0 Å². The lowest BCUT2D eigenvalue weighted by Crippen LogP contribution is -2.20. The molecule has 4 rings (SSSR count). The Morgan fingerprint density at radius 1 is 1.06 bits per heavy atom. The van der Waals surface area contributed by atoms with Crippen molar-refractivity contribution in [2.75, 3.05) is 30.8 Å². The summed E-state index contributed by atoms with van der Waals surface area (Å²) in [4.78, 5) is 13.3. The first-order valence-corrected chi connectivity index (χ1v) is 11.2. The normalized spacial score (nSPS) is 15.1. The molecule has 0 radical (unpaired) electrons. The van der Waals surface area contributed by atoms with Gasteiger partial charge >= 0.3 is 0 Å². The Balaban J connectivity index is 1.42. The molecule has 7 heteroatoms. The maximum atomic E-state index is 9.96. The molecule has 0 spiro atoms. The minimum absolute atomic E-state index is 0.322. The van der Waals surface area contributed by atoms with E-state index in [0.29, 0.717) is 12.5 Å². The third kappa shape index (κ3) is 5.53. The number of aliphatic hydroxyl groups is 1. The molecule has 1 fully saturated rings. The van der Waals surface area contributed by atoms with E-state index in [9.17, 15) is 5.11 Å². The molecule has 32 heavy (non-hydrogen) atoms. The van der Waals surface area contributed by atoms with Gasteiger partial charge in [-0.25, -0.2) is 15.0 Å². The molecule has 0 amide bonds. The fraction of sp³-hybridized carbons (Fsp3) is 0.400. The first kappa shape index (κ1) is 22.0. The van der Waals surface area contributed by atoms with Gasteiger partial charge in [-0.3, -0.25) is 0 Å². The summed E-state index contributed by atoms with van der Waals surface area (Å²) in [5, 5.41) is 16.6. The fourth-order valence-electron chi connectivity index (χ4n) is 3.79. The molecule has 1 unspecified atom stereocenters. The highest BCUT2D eigenvalue weighted by molar-refractivity contribution is 5.62. The lowest BCUT2D eigenvalue weighted by atomic mass is 9.93. The number of ether oxygens (including phenoxy) is 1. The number of nitrogens with one attached hydrogen (secondary N) is 2. The van der Waals surface area contributed by atoms with Crippen LogP contribution >= 0.6 is 0 Å². The third-order valence-corrected chi connectivity index (χ3v) is 5.90. The van der Waals surface area contributed by atoms with Crippen LogP contribution in [0.1, 0.15) is 44.1 Å². The van der Waals surface area contributed by atoms with Crippen LogP contribution in [0.4, 0.5) is 11.6 Å². The van der Waals surface area contributed by atoms with E-state index in [1.165, 1.54) is 5.56 Å². The van der Waals surface area contributed by atoms with Crippen molar-refractivity contribution >= 4 is 11.6 Å². The van der Waals surface area contributed by atoms with Gasteiger partial charge in [0, 0.05) is 36.8 Å². The minimum atomic E-state index is -0.549. The second-order valence-electron chi connectivity index (χ2n) is 8.41. The number of anilines is 2. The van der Waals surface area contributed by atoms with Gasteiger partial charge in [0.15, 0.2) is 0 Å². The van der Waals surface area contributed by atoms with Gasteiger partial charge in [0.05, 0.1) is 18.4 Å². The van der Waals surface area contributed by atoms with Gasteiger partial charge in [0.2, 0.25) is 0 Å². The quantitative estimate of drug-likeness (QED) is 0.411. The maximum absolute atomic E-state index is 9.96. The molecule has 0 saturated heterocycles. The fourth-order valence-corrected chi connectivity index (χ4v) is 3.79. The van der Waals surface area contributed by atoms with Gasteiger partial charge in [-0.05, 0) is 43.0 Å². The molecule has 0 aliphatic heterocycles. The lowest BCUT2D eigenvalue weighted by molar-refractivity contribution is 0.164. The Hall–Kier alpha value is -3.19. The molecule has 1 aliphatic carbocycles. The van der Waals surface area contributed by atoms with Crippen LogP contribution in [0.15, 0.2) is 55.0 Å². The molecule has 3 N–H and O–H groups in total. The number of methoxy groups -OCH3 is 1. The number of pyridine rings is 1. The Morgan fingerprint density at radius 2 is 1.91 bits per heavy atom. The summed E-state index contributed by atoms with van der Waals surface area (Å²) in [6.45, 7) is 3.49. The van der Waals surface area contributed by atoms with Crippen molar-refractivity contribution in [1.82, 2.24) is 15.0 Å². The summed E-state index contributed by atoms with van der Waals surface area (Å²) in [6, 6.07) is 14.0. The Bertz CT molecular complexity index is 1020. The van der Waals surface area contributed by atoms with E-state index in [4.69, 9.17) is 4.74 Å². The summed E-state index contributed by atoms with van der Waals surface area (Å²) in [7, 11) is 1.72. The Morgan fingerprint density at radius 3 is 2.62 bits per heavy atom. The van der Waals surface area contributed by atoms with E-state index in [-0.39, 0.29) is 0 Å². The molecule has 1 aromatic carbocycles. The van der Waals surface area contributed by atoms with Crippen molar-refractivity contribution in [2.45, 2.75) is 44.1 Å². The van der Waals surface area contributed by atoms with Crippen LogP contribution < -0.4 is 15.4 Å². The molecule has 1 aliphatic rings. The van der Waals surface area contributed by atoms with Gasteiger partial charge in [0.1, 0.15) is 23.7 Å². The molecule has 3 aromatic rings. The van der Waals surface area contributed by atoms with Gasteiger partial charge in [-0.15, -0.1) is 0 Å². The number of hydrogen-bond acceptors (Lipinski definition) is 7. The van der Waals surface area contributed by atoms with Crippen LogP contribution in [0.25, 0.3) is 11.3 Å². The maximum Gasteiger partial charge on any atom is 0.129 e. The van der Waals surface area contributed by atoms with E-state index in [2.05, 4.69) is 44.6 Å². The van der Waals surface area contributed by atoms with Gasteiger partial charge in [0.25, 0.3) is 0 Å². The average Bonchev–Trinajstić information content (AvgIpc) is 3.58. The van der Waals surface area contributed by atoms with Crippen LogP contribution in [0.2, 0.25) is 0 Å². The predicted molar refractivity (Wildman–Crippen MR) is 127 cm³/mol. The van der Waals surface area contributed by atoms with Crippen molar-refractivity contribution in [3.8, 4) is 17.0 Å². The van der Waals surface area contributed by atoms with Crippen LogP contribution in [0.5, 0.6) is 5.75 Å². The molecular weight excluding hydrogens is 402 g/mol. The number of benzene rings is 1. The monoisotopic (exact) mass is 433 g/mol. The summed E-state index contributed by atoms with van der Waals surface area (Å²) in [5.74, 6) is 2.78. The molecule has 7 nitrogen and oxygen atoms in total. The Kier molecular flexibility index (Phi) is 6.85. The summed E-state index contributed by atoms with van der Waals surface area (Å²) in [6.07, 6.45) is 7.21. The second kappa shape index (κ2) is 9.96. The second-order valence-corrected chi connectivity index (χ2v) is 8.41. The largest absolute Gasteiger partial charge is 0.496 e. The topological polar surface area (TPSA) is 92.2 Å². The standard InChI is InChI=1S/C25H31N5O2/c1-3-6-18(20-7-4-5-8-22(20)32-2)14-27-24-13-21(29-17-30-24)19-9-10-23(26-15-19)28-16-25(31)11-12-25/h4-5,7-10,13,15,17-18,31H,3,6,11-12,14,16H2,1-2H3,(H,26,28)(H,27,29,30). The molecule has 2 aromatic heterocycles. The minimum Gasteiger partial charge on any atom is -0.496 e. The van der Waals surface area contributed by atoms with Crippen molar-refractivity contribution in [1.29, 1.82) is 0 Å². The lowest BCUT2D eigenvalue weighted by Gasteiger charge is -2.20. The van der Waals surface area contributed by atoms with E-state index in [1.54, 1.807) is 19.6 Å². The van der Waals surface area contributed by atoms with Gasteiger partial charge < -0.3 is 20.5 Å². The van der Waals surface area contributed by atoms with E-state index < -0.39 is 5.60 Å². The number of hydrogen-bond donors (Lipinski definition) is 3. The molecule has 2 heterocycles. The first-order valence-electron chi connectivity index (χ1n) is 11.2. The highest BCUT2D eigenvalue weighted by Gasteiger charge is 2.39. The van der Waals surface area contributed by atoms with E-state index in [0.717, 1.165) is 60.9 Å². The average molecular weight is 434 g/mol. The molecule has 1 atom stereocenters. The van der Waals surface area contributed by atoms with Gasteiger partial charge in [-0.1, -0.05) is 31.5 Å². The molecule has 0 bridgehead atoms. The molecule has 1 saturated carbocycles. The van der Waals surface area contributed by atoms with Crippen molar-refractivity contribution in [3.63, 3.8) is 0 Å². The van der Waals surface area contributed by atoms with E-state index in [1.807, 2.05) is 30.3 Å². The zero-order valence-electron chi connectivity index (χ0n) is 18.7. The van der Waals surface area contributed by atoms with Crippen molar-refractivity contribution in [3.05, 3.63) is 60.6 Å². The molecule has 168 valence electrons. The zero-order chi connectivity index (χ0) is 22.4. The highest BCUT2D eigenvalue weighted by Crippen LogP contribution is 2.35. The SMILES string of the molecule is CCCC(CNc1cc(-c2ccc(NCC3(O)CC3)nc2)ncn1)c1ccccc1OC. The first-order chi connectivity index (χ1) is 15.6. The number of nitrogens with zero attached hydrogens (tertiary/aromatic N) is 3. The number of para-hydroxylation sites is 1. The van der Waals surface area contributed by atoms with Crippen molar-refractivity contribution < 1.29 is 9.84 Å². The van der Waals surface area contributed by atoms with E-state index >= 15 is 0 Å². The van der Waals surface area contributed by atoms with Crippen LogP contribution in [0.3, 0.4) is 0 Å². The smallest absolute Gasteiger partial charge is 0.129 e. The summed E-state index contributed by atoms with van der Waals surface area (Å²) < 4.78 is 5.57. The van der Waals surface area contributed by atoms with Crippen LogP contribution in [-0.2, 0) is 0 Å². The summed E-state index contributed by atoms with van der Waals surface area (Å²) >= 11 is 0. The number of rotatable bonds is 11. The third-order valence-electron chi connectivity index (χ3n) is 5.90. The zero-order valence-corrected chi connectivity index (χ0v) is 18.7. The van der Waals surface area contributed by atoms with Crippen molar-refractivity contribution in [2.24, 2.45) is 0 Å². The Labute approximate surface area is 189 Å². The number of aromatic nitrogens is 3. The molecular formula is C25H31N5O2. The summed E-state index contributed by atoms with van der Waals surface area (Å²) in [5.41, 5.74) is 2.39. The highest BCUT2D eigenvalue weighted by atomic mass is 16.5. The predicted octanol–water partition coefficient (Wildman–Crippen LogP) is 4.48. The van der Waals surface area contributed by atoms with Gasteiger partial charge in [-0.2, -0.15) is 0 Å². The van der Waals surface area contributed by atoms with Crippen LogP contribution in [-0.4, -0.2) is 45.9 Å².